The molecule has 1 aromatic carbocycles. The van der Waals surface area contributed by atoms with E-state index in [-0.39, 0.29) is 23.5 Å². The van der Waals surface area contributed by atoms with E-state index in [1.165, 1.54) is 57.8 Å². The number of rotatable bonds is 24. The molecule has 0 heterocycles. The third-order valence-corrected chi connectivity index (χ3v) is 7.80. The lowest BCUT2D eigenvalue weighted by atomic mass is 10.0. The Kier molecular flexibility index (Phi) is 20.8. The predicted molar refractivity (Wildman–Crippen MR) is 173 cm³/mol. The molecule has 0 saturated heterocycles. The lowest BCUT2D eigenvalue weighted by Crippen LogP contribution is -2.19. The Morgan fingerprint density at radius 1 is 0.585 bits per heavy atom. The number of aryl methyl sites for hydroxylation is 1. The number of esters is 1. The van der Waals surface area contributed by atoms with Gasteiger partial charge in [0.15, 0.2) is 5.75 Å². The molecule has 0 aliphatic heterocycles. The average Bonchev–Trinajstić information content (AvgIpc) is 2.94. The van der Waals surface area contributed by atoms with Gasteiger partial charge in [0.2, 0.25) is 11.8 Å². The highest BCUT2D eigenvalue weighted by Crippen LogP contribution is 2.39. The maximum atomic E-state index is 12.9. The molecule has 41 heavy (non-hydrogen) atoms. The maximum absolute atomic E-state index is 12.9. The van der Waals surface area contributed by atoms with Crippen LogP contribution in [-0.4, -0.2) is 17.8 Å². The van der Waals surface area contributed by atoms with Gasteiger partial charge in [-0.25, -0.2) is 0 Å². The van der Waals surface area contributed by atoms with Gasteiger partial charge in [-0.15, -0.1) is 0 Å². The molecule has 0 atom stereocenters. The zero-order chi connectivity index (χ0) is 30.3. The fourth-order valence-electron chi connectivity index (χ4n) is 5.00. The topological polar surface area (TPSA) is 84.5 Å². The third kappa shape index (κ3) is 16.6. The number of hydrogen-bond donors (Lipinski definition) is 2. The van der Waals surface area contributed by atoms with Gasteiger partial charge in [0.1, 0.15) is 0 Å². The van der Waals surface area contributed by atoms with Crippen LogP contribution in [0.2, 0.25) is 0 Å². The van der Waals surface area contributed by atoms with Crippen LogP contribution in [0.1, 0.15) is 167 Å². The van der Waals surface area contributed by atoms with Gasteiger partial charge in [-0.1, -0.05) is 117 Å². The lowest BCUT2D eigenvalue weighted by molar-refractivity contribution is -0.134. The molecule has 0 bridgehead atoms. The first-order valence-corrected chi connectivity index (χ1v) is 16.8. The molecule has 1 aromatic rings. The third-order valence-electron chi connectivity index (χ3n) is 7.80. The predicted octanol–water partition coefficient (Wildman–Crippen LogP) is 10.3. The summed E-state index contributed by atoms with van der Waals surface area (Å²) in [5, 5.41) is 6.03. The maximum Gasteiger partial charge on any atom is 0.311 e. The molecule has 6 nitrogen and oxygen atoms in total. The van der Waals surface area contributed by atoms with Crippen LogP contribution in [0.15, 0.2) is 6.07 Å². The van der Waals surface area contributed by atoms with Crippen LogP contribution in [0.25, 0.3) is 0 Å². The molecule has 0 fully saturated rings. The van der Waals surface area contributed by atoms with Crippen molar-refractivity contribution in [3.63, 3.8) is 0 Å². The zero-order valence-electron chi connectivity index (χ0n) is 27.1. The second-order valence-electron chi connectivity index (χ2n) is 11.7. The summed E-state index contributed by atoms with van der Waals surface area (Å²) in [6.45, 7) is 10.4. The summed E-state index contributed by atoms with van der Waals surface area (Å²) in [6, 6.07) is 1.85. The van der Waals surface area contributed by atoms with Crippen molar-refractivity contribution < 1.29 is 19.1 Å². The number of hydrogen-bond acceptors (Lipinski definition) is 4. The zero-order valence-corrected chi connectivity index (χ0v) is 27.1. The molecule has 2 amide bonds. The fraction of sp³-hybridized carbons (Fsp3) is 0.743. The number of nitrogens with one attached hydrogen (secondary N) is 2. The highest BCUT2D eigenvalue weighted by atomic mass is 16.5. The van der Waals surface area contributed by atoms with Crippen molar-refractivity contribution >= 4 is 29.2 Å². The van der Waals surface area contributed by atoms with Crippen LogP contribution in [0.5, 0.6) is 5.75 Å². The minimum atomic E-state index is -0.332. The van der Waals surface area contributed by atoms with Crippen LogP contribution < -0.4 is 15.4 Å². The number of unbranched alkanes of at least 4 members (excludes halogenated alkanes) is 15. The SMILES string of the molecule is CCCCCCCCC(=O)Nc1cc(C)c(C)c(NC(=O)CCCCCCCC)c1OC(=O)CCCCCCCC. The van der Waals surface area contributed by atoms with Crippen molar-refractivity contribution in [2.45, 2.75) is 169 Å². The van der Waals surface area contributed by atoms with Crippen molar-refractivity contribution in [2.75, 3.05) is 10.6 Å². The normalized spacial score (nSPS) is 11.0. The smallest absolute Gasteiger partial charge is 0.311 e. The van der Waals surface area contributed by atoms with Gasteiger partial charge < -0.3 is 15.4 Å². The van der Waals surface area contributed by atoms with E-state index < -0.39 is 0 Å². The first-order valence-electron chi connectivity index (χ1n) is 16.8. The number of benzene rings is 1. The van der Waals surface area contributed by atoms with Crippen molar-refractivity contribution in [3.8, 4) is 5.75 Å². The molecule has 6 heteroatoms. The minimum absolute atomic E-state index is 0.0910. The largest absolute Gasteiger partial charge is 0.422 e. The minimum Gasteiger partial charge on any atom is -0.422 e. The Bertz CT molecular complexity index is 897. The standard InChI is InChI=1S/C35H60N2O4/c1-6-9-12-15-18-21-24-31(38)36-30-27-28(4)29(5)34(37-32(39)25-22-19-16-13-10-7-2)35(30)41-33(40)26-23-20-17-14-11-8-3/h27H,6-26H2,1-5H3,(H,36,38)(H,37,39). The molecule has 234 valence electrons. The van der Waals surface area contributed by atoms with Gasteiger partial charge in [-0.3, -0.25) is 14.4 Å². The van der Waals surface area contributed by atoms with Crippen molar-refractivity contribution in [1.29, 1.82) is 0 Å². The van der Waals surface area contributed by atoms with Crippen molar-refractivity contribution in [2.24, 2.45) is 0 Å². The van der Waals surface area contributed by atoms with Crippen molar-refractivity contribution in [3.05, 3.63) is 17.2 Å². The second kappa shape index (κ2) is 23.2. The van der Waals surface area contributed by atoms with Gasteiger partial charge in [0, 0.05) is 19.3 Å². The van der Waals surface area contributed by atoms with Crippen molar-refractivity contribution in [1.82, 2.24) is 0 Å². The van der Waals surface area contributed by atoms with Crippen LogP contribution in [0.4, 0.5) is 11.4 Å². The molecule has 0 unspecified atom stereocenters. The Balaban J connectivity index is 2.96. The molecular weight excluding hydrogens is 512 g/mol. The number of amides is 2. The summed E-state index contributed by atoms with van der Waals surface area (Å²) in [5.74, 6) is -0.258. The summed E-state index contributed by atoms with van der Waals surface area (Å²) in [7, 11) is 0. The van der Waals surface area contributed by atoms with Gasteiger partial charge in [-0.2, -0.15) is 0 Å². The molecule has 1 rings (SSSR count). The van der Waals surface area contributed by atoms with Gasteiger partial charge in [-0.05, 0) is 50.3 Å². The highest BCUT2D eigenvalue weighted by Gasteiger charge is 2.21. The van der Waals surface area contributed by atoms with Gasteiger partial charge in [0.25, 0.3) is 0 Å². The molecule has 0 aliphatic carbocycles. The summed E-state index contributed by atoms with van der Waals surface area (Å²) < 4.78 is 5.91. The number of anilines is 2. The lowest BCUT2D eigenvalue weighted by Gasteiger charge is -2.20. The van der Waals surface area contributed by atoms with E-state index in [9.17, 15) is 14.4 Å². The Hall–Kier alpha value is -2.37. The van der Waals surface area contributed by atoms with Gasteiger partial charge >= 0.3 is 5.97 Å². The molecule has 0 aromatic heterocycles. The number of ether oxygens (including phenoxy) is 1. The second-order valence-corrected chi connectivity index (χ2v) is 11.7. The molecular formula is C35H60N2O4. The van der Waals surface area contributed by atoms with E-state index in [4.69, 9.17) is 4.74 Å². The molecule has 0 saturated carbocycles. The Morgan fingerprint density at radius 2 is 1.00 bits per heavy atom. The summed E-state index contributed by atoms with van der Waals surface area (Å²) in [5.41, 5.74) is 2.71. The first kappa shape index (κ1) is 36.7. The van der Waals surface area contributed by atoms with E-state index in [1.54, 1.807) is 0 Å². The van der Waals surface area contributed by atoms with E-state index in [2.05, 4.69) is 31.4 Å². The van der Waals surface area contributed by atoms with E-state index >= 15 is 0 Å². The molecule has 0 radical (unpaired) electrons. The van der Waals surface area contributed by atoms with Crippen LogP contribution in [0.3, 0.4) is 0 Å². The molecule has 2 N–H and O–H groups in total. The quantitative estimate of drug-likeness (QED) is 0.0733. The van der Waals surface area contributed by atoms with Crippen LogP contribution in [0, 0.1) is 13.8 Å². The van der Waals surface area contributed by atoms with Crippen LogP contribution in [-0.2, 0) is 14.4 Å². The summed E-state index contributed by atoms with van der Waals surface area (Å²) in [4.78, 5) is 38.7. The molecule has 0 spiro atoms. The summed E-state index contributed by atoms with van der Waals surface area (Å²) in [6.07, 6.45) is 20.9. The molecule has 0 aliphatic rings. The van der Waals surface area contributed by atoms with E-state index in [0.29, 0.717) is 30.6 Å². The summed E-state index contributed by atoms with van der Waals surface area (Å²) >= 11 is 0. The first-order chi connectivity index (χ1) is 19.8. The fourth-order valence-corrected chi connectivity index (χ4v) is 5.00. The van der Waals surface area contributed by atoms with Gasteiger partial charge in [0.05, 0.1) is 11.4 Å². The number of carbonyl (C=O) groups is 3. The average molecular weight is 573 g/mol. The highest BCUT2D eigenvalue weighted by molar-refractivity contribution is 5.99. The Morgan fingerprint density at radius 3 is 1.49 bits per heavy atom. The number of carbonyl (C=O) groups excluding carboxylic acids is 3. The monoisotopic (exact) mass is 572 g/mol. The van der Waals surface area contributed by atoms with Crippen LogP contribution >= 0.6 is 0 Å². The van der Waals surface area contributed by atoms with E-state index in [0.717, 1.165) is 68.9 Å². The Labute approximate surface area is 251 Å². The van der Waals surface area contributed by atoms with E-state index in [1.807, 2.05) is 19.9 Å².